The Morgan fingerprint density at radius 3 is 2.67 bits per heavy atom. The van der Waals surface area contributed by atoms with Crippen LogP contribution in [0.5, 0.6) is 11.5 Å². The molecule has 1 aliphatic heterocycles. The predicted octanol–water partition coefficient (Wildman–Crippen LogP) is 3.07. The number of methoxy groups -OCH3 is 2. The van der Waals surface area contributed by atoms with Crippen LogP contribution in [-0.4, -0.2) is 36.8 Å². The molecule has 1 aliphatic rings. The Labute approximate surface area is 146 Å². The minimum Gasteiger partial charge on any atom is -0.493 e. The maximum Gasteiger partial charge on any atom is 0.307 e. The van der Waals surface area contributed by atoms with Gasteiger partial charge in [0, 0.05) is 30.2 Å². The van der Waals surface area contributed by atoms with Gasteiger partial charge in [0.05, 0.1) is 14.2 Å². The van der Waals surface area contributed by atoms with Crippen LogP contribution in [0.3, 0.4) is 0 Å². The molecule has 1 atom stereocenters. The average Bonchev–Trinajstić information content (AvgIpc) is 3.19. The molecule has 0 saturated carbocycles. The van der Waals surface area contributed by atoms with E-state index in [2.05, 4.69) is 17.0 Å². The standard InChI is InChI=1S/C18H24N2O3S/c1-13-12-24-18(21)20(13)10-9-19-8-4-5-15(19)14-6-7-16(22-2)17(11-14)23-3/h6-7,11-12,15H,4-5,8-10H2,1-3H3. The van der Waals surface area contributed by atoms with Gasteiger partial charge in [0.25, 0.3) is 0 Å². The Morgan fingerprint density at radius 2 is 2.00 bits per heavy atom. The maximum absolute atomic E-state index is 11.9. The van der Waals surface area contributed by atoms with Crippen molar-refractivity contribution in [3.05, 3.63) is 44.5 Å². The van der Waals surface area contributed by atoms with Gasteiger partial charge in [0.15, 0.2) is 11.5 Å². The van der Waals surface area contributed by atoms with Gasteiger partial charge < -0.3 is 14.0 Å². The lowest BCUT2D eigenvalue weighted by atomic mass is 10.0. The van der Waals surface area contributed by atoms with Crippen LogP contribution in [-0.2, 0) is 6.54 Å². The van der Waals surface area contributed by atoms with E-state index in [0.29, 0.717) is 6.04 Å². The van der Waals surface area contributed by atoms with Crippen molar-refractivity contribution in [3.8, 4) is 11.5 Å². The van der Waals surface area contributed by atoms with Crippen molar-refractivity contribution in [2.24, 2.45) is 0 Å². The number of aromatic nitrogens is 1. The van der Waals surface area contributed by atoms with E-state index < -0.39 is 0 Å². The summed E-state index contributed by atoms with van der Waals surface area (Å²) in [6, 6.07) is 6.54. The summed E-state index contributed by atoms with van der Waals surface area (Å²) >= 11 is 1.28. The summed E-state index contributed by atoms with van der Waals surface area (Å²) in [5, 5.41) is 1.93. The van der Waals surface area contributed by atoms with Crippen LogP contribution < -0.4 is 14.3 Å². The molecule has 2 aromatic rings. The number of ether oxygens (including phenoxy) is 2. The topological polar surface area (TPSA) is 43.7 Å². The molecule has 0 N–H and O–H groups in total. The van der Waals surface area contributed by atoms with E-state index in [1.165, 1.54) is 23.3 Å². The van der Waals surface area contributed by atoms with Crippen LogP contribution in [0.15, 0.2) is 28.4 Å². The largest absolute Gasteiger partial charge is 0.493 e. The number of likely N-dealkylation sites (tertiary alicyclic amines) is 1. The number of aryl methyl sites for hydroxylation is 1. The molecule has 0 spiro atoms. The Morgan fingerprint density at radius 1 is 1.21 bits per heavy atom. The fourth-order valence-corrected chi connectivity index (χ4v) is 4.20. The van der Waals surface area contributed by atoms with Crippen molar-refractivity contribution in [2.45, 2.75) is 32.4 Å². The van der Waals surface area contributed by atoms with E-state index in [1.807, 2.05) is 22.9 Å². The monoisotopic (exact) mass is 348 g/mol. The molecule has 1 unspecified atom stereocenters. The van der Waals surface area contributed by atoms with Gasteiger partial charge in [-0.15, -0.1) is 0 Å². The molecule has 6 heteroatoms. The first-order chi connectivity index (χ1) is 11.6. The van der Waals surface area contributed by atoms with Crippen LogP contribution in [0.2, 0.25) is 0 Å². The van der Waals surface area contributed by atoms with Crippen molar-refractivity contribution in [1.82, 2.24) is 9.47 Å². The van der Waals surface area contributed by atoms with E-state index in [9.17, 15) is 4.79 Å². The van der Waals surface area contributed by atoms with Gasteiger partial charge in [-0.05, 0) is 44.0 Å². The first-order valence-corrected chi connectivity index (χ1v) is 9.13. The molecule has 1 aromatic carbocycles. The third-order valence-corrected chi connectivity index (χ3v) is 5.62. The van der Waals surface area contributed by atoms with Crippen molar-refractivity contribution in [3.63, 3.8) is 0 Å². The molecule has 1 saturated heterocycles. The summed E-state index contributed by atoms with van der Waals surface area (Å²) in [4.78, 5) is 14.5. The summed E-state index contributed by atoms with van der Waals surface area (Å²) in [7, 11) is 3.32. The van der Waals surface area contributed by atoms with Crippen molar-refractivity contribution < 1.29 is 9.47 Å². The molecule has 5 nitrogen and oxygen atoms in total. The zero-order valence-electron chi connectivity index (χ0n) is 14.4. The number of rotatable bonds is 6. The highest BCUT2D eigenvalue weighted by Gasteiger charge is 2.26. The molecule has 24 heavy (non-hydrogen) atoms. The van der Waals surface area contributed by atoms with Gasteiger partial charge in [0.1, 0.15) is 0 Å². The summed E-state index contributed by atoms with van der Waals surface area (Å²) < 4.78 is 12.6. The average molecular weight is 348 g/mol. The number of hydrogen-bond acceptors (Lipinski definition) is 5. The zero-order chi connectivity index (χ0) is 17.1. The molecule has 0 aliphatic carbocycles. The Kier molecular flexibility index (Phi) is 5.26. The van der Waals surface area contributed by atoms with Gasteiger partial charge >= 0.3 is 4.87 Å². The van der Waals surface area contributed by atoms with Crippen LogP contribution in [0.1, 0.15) is 30.1 Å². The predicted molar refractivity (Wildman–Crippen MR) is 96.4 cm³/mol. The second-order valence-corrected chi connectivity index (χ2v) is 6.92. The summed E-state index contributed by atoms with van der Waals surface area (Å²) in [6.45, 7) is 4.69. The summed E-state index contributed by atoms with van der Waals surface area (Å²) in [5.74, 6) is 1.53. The van der Waals surface area contributed by atoms with Gasteiger partial charge in [-0.2, -0.15) is 0 Å². The molecule has 130 valence electrons. The van der Waals surface area contributed by atoms with E-state index >= 15 is 0 Å². The normalized spacial score (nSPS) is 18.0. The molecule has 1 fully saturated rings. The molecule has 1 aromatic heterocycles. The number of hydrogen-bond donors (Lipinski definition) is 0. The molecular formula is C18H24N2O3S. The fraction of sp³-hybridized carbons (Fsp3) is 0.500. The number of nitrogens with zero attached hydrogens (tertiary/aromatic N) is 2. The van der Waals surface area contributed by atoms with Gasteiger partial charge in [-0.25, -0.2) is 0 Å². The molecule has 3 rings (SSSR count). The Balaban J connectivity index is 1.75. The summed E-state index contributed by atoms with van der Waals surface area (Å²) in [5.41, 5.74) is 2.30. The lowest BCUT2D eigenvalue weighted by Crippen LogP contribution is -2.29. The molecule has 0 bridgehead atoms. The molecule has 0 amide bonds. The minimum absolute atomic E-state index is 0.134. The summed E-state index contributed by atoms with van der Waals surface area (Å²) in [6.07, 6.45) is 2.31. The lowest BCUT2D eigenvalue weighted by Gasteiger charge is -2.25. The van der Waals surface area contributed by atoms with Crippen LogP contribution in [0.4, 0.5) is 0 Å². The second-order valence-electron chi connectivity index (χ2n) is 6.10. The van der Waals surface area contributed by atoms with Crippen LogP contribution >= 0.6 is 11.3 Å². The maximum atomic E-state index is 11.9. The molecule has 0 radical (unpaired) electrons. The first-order valence-electron chi connectivity index (χ1n) is 8.25. The van der Waals surface area contributed by atoms with Gasteiger partial charge in [-0.3, -0.25) is 9.69 Å². The smallest absolute Gasteiger partial charge is 0.307 e. The van der Waals surface area contributed by atoms with Crippen molar-refractivity contribution >= 4 is 11.3 Å². The third kappa shape index (κ3) is 3.35. The minimum atomic E-state index is 0.134. The van der Waals surface area contributed by atoms with Crippen molar-refractivity contribution in [2.75, 3.05) is 27.3 Å². The second kappa shape index (κ2) is 7.40. The van der Waals surface area contributed by atoms with E-state index in [1.54, 1.807) is 14.2 Å². The van der Waals surface area contributed by atoms with E-state index in [-0.39, 0.29) is 4.87 Å². The van der Waals surface area contributed by atoms with E-state index in [0.717, 1.165) is 43.2 Å². The quantitative estimate of drug-likeness (QED) is 0.805. The molecular weight excluding hydrogens is 324 g/mol. The molecule has 2 heterocycles. The lowest BCUT2D eigenvalue weighted by molar-refractivity contribution is 0.245. The number of thiazole rings is 1. The Hall–Kier alpha value is -1.79. The highest BCUT2D eigenvalue weighted by Crippen LogP contribution is 2.36. The van der Waals surface area contributed by atoms with Crippen molar-refractivity contribution in [1.29, 1.82) is 0 Å². The van der Waals surface area contributed by atoms with Gasteiger partial charge in [-0.1, -0.05) is 17.4 Å². The van der Waals surface area contributed by atoms with Gasteiger partial charge in [0.2, 0.25) is 0 Å². The zero-order valence-corrected chi connectivity index (χ0v) is 15.3. The number of benzene rings is 1. The third-order valence-electron chi connectivity index (χ3n) is 4.74. The first kappa shape index (κ1) is 17.0. The fourth-order valence-electron chi connectivity index (χ4n) is 3.43. The highest BCUT2D eigenvalue weighted by atomic mass is 32.1. The Bertz CT molecular complexity index is 753. The highest BCUT2D eigenvalue weighted by molar-refractivity contribution is 7.07. The van der Waals surface area contributed by atoms with Crippen LogP contribution in [0.25, 0.3) is 0 Å². The van der Waals surface area contributed by atoms with E-state index in [4.69, 9.17) is 9.47 Å². The SMILES string of the molecule is COc1ccc(C2CCCN2CCn2c(C)csc2=O)cc1OC. The van der Waals surface area contributed by atoms with Crippen LogP contribution in [0, 0.1) is 6.92 Å².